The van der Waals surface area contributed by atoms with Crippen molar-refractivity contribution >= 4 is 29.0 Å². The maximum atomic E-state index is 12.5. The first kappa shape index (κ1) is 18.4. The van der Waals surface area contributed by atoms with Crippen molar-refractivity contribution in [2.75, 3.05) is 23.7 Å². The lowest BCUT2D eigenvalue weighted by molar-refractivity contribution is -0.385. The first-order valence-corrected chi connectivity index (χ1v) is 8.67. The third-order valence-corrected chi connectivity index (χ3v) is 4.51. The van der Waals surface area contributed by atoms with E-state index >= 15 is 0 Å². The van der Waals surface area contributed by atoms with Crippen LogP contribution in [0.1, 0.15) is 28.8 Å². The summed E-state index contributed by atoms with van der Waals surface area (Å²) >= 11 is 0. The predicted molar refractivity (Wildman–Crippen MR) is 102 cm³/mol. The van der Waals surface area contributed by atoms with Gasteiger partial charge in [-0.15, -0.1) is 0 Å². The molecule has 0 aliphatic carbocycles. The van der Waals surface area contributed by atoms with Crippen molar-refractivity contribution in [3.8, 4) is 0 Å². The lowest BCUT2D eigenvalue weighted by Crippen LogP contribution is -2.32. The molecular formula is C19H20N4O4. The van der Waals surface area contributed by atoms with Crippen LogP contribution in [0.15, 0.2) is 42.5 Å². The Hall–Kier alpha value is -3.42. The number of carbonyl (C=O) groups is 2. The second-order valence-electron chi connectivity index (χ2n) is 6.37. The van der Waals surface area contributed by atoms with Gasteiger partial charge in [0.15, 0.2) is 0 Å². The quantitative estimate of drug-likeness (QED) is 0.633. The van der Waals surface area contributed by atoms with Gasteiger partial charge in [-0.3, -0.25) is 14.9 Å². The molecule has 0 spiro atoms. The number of benzene rings is 2. The molecule has 0 unspecified atom stereocenters. The number of nitrogens with one attached hydrogen (secondary N) is 2. The van der Waals surface area contributed by atoms with Crippen LogP contribution >= 0.6 is 0 Å². The van der Waals surface area contributed by atoms with E-state index in [4.69, 9.17) is 0 Å². The number of carbonyl (C=O) groups excluding carboxylic acids is 2. The normalized spacial score (nSPS) is 13.3. The van der Waals surface area contributed by atoms with Gasteiger partial charge in [0, 0.05) is 41.7 Å². The molecule has 140 valence electrons. The number of rotatable bonds is 4. The predicted octanol–water partition coefficient (Wildman–Crippen LogP) is 3.78. The fraction of sp³-hybridized carbons (Fsp3) is 0.263. The smallest absolute Gasteiger partial charge is 0.321 e. The molecule has 27 heavy (non-hydrogen) atoms. The summed E-state index contributed by atoms with van der Waals surface area (Å²) in [5.74, 6) is -0.445. The Morgan fingerprint density at radius 1 is 1.04 bits per heavy atom. The molecule has 0 aromatic heterocycles. The van der Waals surface area contributed by atoms with Gasteiger partial charge in [0.05, 0.1) is 4.92 Å². The number of hydrogen-bond donors (Lipinski definition) is 2. The molecule has 1 aliphatic heterocycles. The summed E-state index contributed by atoms with van der Waals surface area (Å²) < 4.78 is 0. The van der Waals surface area contributed by atoms with Crippen LogP contribution < -0.4 is 10.6 Å². The van der Waals surface area contributed by atoms with Crippen LogP contribution in [0.25, 0.3) is 0 Å². The van der Waals surface area contributed by atoms with E-state index in [0.29, 0.717) is 16.9 Å². The lowest BCUT2D eigenvalue weighted by Gasteiger charge is -2.16. The van der Waals surface area contributed by atoms with Crippen molar-refractivity contribution in [2.45, 2.75) is 19.8 Å². The molecule has 8 heteroatoms. The molecule has 2 aromatic rings. The standard InChI is InChI=1S/C19H20N4O4/c1-13-16(8-5-9-17(13)23(26)27)18(24)20-14-6-4-7-15(12-14)21-19(25)22-10-2-3-11-22/h4-9,12H,2-3,10-11H2,1H3,(H,20,24)(H,21,25). The summed E-state index contributed by atoms with van der Waals surface area (Å²) in [6.45, 7) is 3.03. The van der Waals surface area contributed by atoms with Gasteiger partial charge >= 0.3 is 6.03 Å². The average Bonchev–Trinajstić information content (AvgIpc) is 3.16. The minimum atomic E-state index is -0.513. The van der Waals surface area contributed by atoms with E-state index in [2.05, 4.69) is 10.6 Å². The Kier molecular flexibility index (Phi) is 5.35. The summed E-state index contributed by atoms with van der Waals surface area (Å²) in [7, 11) is 0. The summed E-state index contributed by atoms with van der Waals surface area (Å²) in [5, 5.41) is 16.6. The first-order chi connectivity index (χ1) is 13.0. The number of urea groups is 1. The second-order valence-corrected chi connectivity index (χ2v) is 6.37. The van der Waals surface area contributed by atoms with Gasteiger partial charge in [-0.05, 0) is 44.0 Å². The minimum Gasteiger partial charge on any atom is -0.325 e. The molecular weight excluding hydrogens is 348 g/mol. The Labute approximate surface area is 156 Å². The van der Waals surface area contributed by atoms with E-state index in [1.165, 1.54) is 18.2 Å². The van der Waals surface area contributed by atoms with Gasteiger partial charge in [-0.2, -0.15) is 0 Å². The maximum absolute atomic E-state index is 12.5. The third kappa shape index (κ3) is 4.22. The zero-order valence-electron chi connectivity index (χ0n) is 14.9. The highest BCUT2D eigenvalue weighted by molar-refractivity contribution is 6.06. The van der Waals surface area contributed by atoms with Crippen molar-refractivity contribution in [3.05, 3.63) is 63.7 Å². The van der Waals surface area contributed by atoms with Gasteiger partial charge in [0.1, 0.15) is 0 Å². The summed E-state index contributed by atoms with van der Waals surface area (Å²) in [4.78, 5) is 37.0. The molecule has 0 atom stereocenters. The van der Waals surface area contributed by atoms with E-state index in [0.717, 1.165) is 25.9 Å². The van der Waals surface area contributed by atoms with Crippen molar-refractivity contribution in [2.24, 2.45) is 0 Å². The lowest BCUT2D eigenvalue weighted by atomic mass is 10.1. The van der Waals surface area contributed by atoms with E-state index in [9.17, 15) is 19.7 Å². The highest BCUT2D eigenvalue weighted by Crippen LogP contribution is 2.23. The van der Waals surface area contributed by atoms with Gasteiger partial charge in [-0.25, -0.2) is 4.79 Å². The SMILES string of the molecule is Cc1c(C(=O)Nc2cccc(NC(=O)N3CCCC3)c2)cccc1[N+](=O)[O-]. The molecule has 0 bridgehead atoms. The minimum absolute atomic E-state index is 0.103. The second kappa shape index (κ2) is 7.86. The van der Waals surface area contributed by atoms with Crippen LogP contribution in [-0.2, 0) is 0 Å². The Bertz CT molecular complexity index is 891. The van der Waals surface area contributed by atoms with Gasteiger partial charge < -0.3 is 15.5 Å². The van der Waals surface area contributed by atoms with Crippen LogP contribution in [0.3, 0.4) is 0 Å². The van der Waals surface area contributed by atoms with Crippen LogP contribution in [0.4, 0.5) is 21.9 Å². The topological polar surface area (TPSA) is 105 Å². The monoisotopic (exact) mass is 368 g/mol. The molecule has 1 heterocycles. The zero-order valence-corrected chi connectivity index (χ0v) is 14.9. The molecule has 1 aliphatic rings. The fourth-order valence-electron chi connectivity index (χ4n) is 3.06. The van der Waals surface area contributed by atoms with Crippen LogP contribution in [0, 0.1) is 17.0 Å². The molecule has 8 nitrogen and oxygen atoms in total. The largest absolute Gasteiger partial charge is 0.325 e. The van der Waals surface area contributed by atoms with Gasteiger partial charge in [0.25, 0.3) is 11.6 Å². The van der Waals surface area contributed by atoms with Gasteiger partial charge in [0.2, 0.25) is 0 Å². The summed E-state index contributed by atoms with van der Waals surface area (Å²) in [6.07, 6.45) is 2.01. The Balaban J connectivity index is 1.72. The van der Waals surface area contributed by atoms with E-state index in [-0.39, 0.29) is 17.3 Å². The van der Waals surface area contributed by atoms with E-state index in [1.807, 2.05) is 0 Å². The number of nitrogens with zero attached hydrogens (tertiary/aromatic N) is 2. The average molecular weight is 368 g/mol. The number of anilines is 2. The highest BCUT2D eigenvalue weighted by Gasteiger charge is 2.19. The van der Waals surface area contributed by atoms with Crippen LogP contribution in [0.5, 0.6) is 0 Å². The van der Waals surface area contributed by atoms with Crippen molar-refractivity contribution in [1.29, 1.82) is 0 Å². The number of nitro benzene ring substituents is 1. The molecule has 0 radical (unpaired) electrons. The van der Waals surface area contributed by atoms with Crippen LogP contribution in [0.2, 0.25) is 0 Å². The number of amides is 3. The third-order valence-electron chi connectivity index (χ3n) is 4.51. The number of likely N-dealkylation sites (tertiary alicyclic amines) is 1. The van der Waals surface area contributed by atoms with Gasteiger partial charge in [-0.1, -0.05) is 12.1 Å². The molecule has 1 saturated heterocycles. The molecule has 1 fully saturated rings. The highest BCUT2D eigenvalue weighted by atomic mass is 16.6. The number of nitro groups is 1. The molecule has 0 saturated carbocycles. The van der Waals surface area contributed by atoms with Crippen LogP contribution in [-0.4, -0.2) is 34.9 Å². The van der Waals surface area contributed by atoms with E-state index in [1.54, 1.807) is 36.1 Å². The molecule has 3 amide bonds. The van der Waals surface area contributed by atoms with Crippen molar-refractivity contribution in [3.63, 3.8) is 0 Å². The van der Waals surface area contributed by atoms with E-state index < -0.39 is 10.8 Å². The summed E-state index contributed by atoms with van der Waals surface area (Å²) in [5.41, 5.74) is 1.49. The first-order valence-electron chi connectivity index (χ1n) is 8.67. The fourth-order valence-corrected chi connectivity index (χ4v) is 3.06. The Morgan fingerprint density at radius 3 is 2.33 bits per heavy atom. The molecule has 3 rings (SSSR count). The summed E-state index contributed by atoms with van der Waals surface area (Å²) in [6, 6.07) is 11.0. The van der Waals surface area contributed by atoms with Crippen molar-refractivity contribution < 1.29 is 14.5 Å². The molecule has 2 N–H and O–H groups in total. The Morgan fingerprint density at radius 2 is 1.67 bits per heavy atom. The number of hydrogen-bond acceptors (Lipinski definition) is 4. The van der Waals surface area contributed by atoms with Crippen molar-refractivity contribution in [1.82, 2.24) is 4.90 Å². The molecule has 2 aromatic carbocycles. The zero-order chi connectivity index (χ0) is 19.4. The maximum Gasteiger partial charge on any atom is 0.321 e.